The van der Waals surface area contributed by atoms with Crippen LogP contribution >= 0.6 is 11.6 Å². The lowest BCUT2D eigenvalue weighted by atomic mass is 10.0. The van der Waals surface area contributed by atoms with E-state index in [1.165, 1.54) is 0 Å². The van der Waals surface area contributed by atoms with Crippen LogP contribution in [0.3, 0.4) is 0 Å². The molecule has 0 saturated heterocycles. The quantitative estimate of drug-likeness (QED) is 0.564. The van der Waals surface area contributed by atoms with Crippen LogP contribution in [0.5, 0.6) is 0 Å². The highest BCUT2D eigenvalue weighted by atomic mass is 35.5. The maximum atomic E-state index is 12.8. The van der Waals surface area contributed by atoms with Crippen LogP contribution in [0.4, 0.5) is 5.69 Å². The number of carbonyl (C=O) groups excluding carboxylic acids is 2. The third-order valence-electron chi connectivity index (χ3n) is 4.40. The summed E-state index contributed by atoms with van der Waals surface area (Å²) in [6.45, 7) is 2.08. The number of ketones is 1. The molecule has 0 aliphatic heterocycles. The summed E-state index contributed by atoms with van der Waals surface area (Å²) in [5.41, 5.74) is 2.54. The summed E-state index contributed by atoms with van der Waals surface area (Å²) >= 11 is 6.02. The Balaban J connectivity index is 1.65. The molecule has 28 heavy (non-hydrogen) atoms. The fraction of sp³-hybridized carbons (Fsp3) is 0.130. The largest absolute Gasteiger partial charge is 0.324 e. The van der Waals surface area contributed by atoms with Crippen molar-refractivity contribution in [2.45, 2.75) is 13.0 Å². The van der Waals surface area contributed by atoms with Gasteiger partial charge in [0.15, 0.2) is 5.78 Å². The second-order valence-corrected chi connectivity index (χ2v) is 6.88. The summed E-state index contributed by atoms with van der Waals surface area (Å²) in [6.07, 6.45) is 0. The van der Waals surface area contributed by atoms with Crippen molar-refractivity contribution in [1.82, 2.24) is 5.32 Å². The van der Waals surface area contributed by atoms with E-state index in [1.807, 2.05) is 49.4 Å². The molecule has 3 aromatic rings. The minimum absolute atomic E-state index is 0.0364. The first-order valence-electron chi connectivity index (χ1n) is 9.02. The molecule has 0 saturated carbocycles. The van der Waals surface area contributed by atoms with Gasteiger partial charge >= 0.3 is 0 Å². The van der Waals surface area contributed by atoms with E-state index in [0.717, 1.165) is 5.56 Å². The van der Waals surface area contributed by atoms with Crippen molar-refractivity contribution in [3.05, 3.63) is 101 Å². The van der Waals surface area contributed by atoms with Crippen LogP contribution in [0.1, 0.15) is 34.5 Å². The topological polar surface area (TPSA) is 58.2 Å². The van der Waals surface area contributed by atoms with Crippen LogP contribution in [-0.2, 0) is 4.79 Å². The molecule has 0 fully saturated rings. The normalized spacial score (nSPS) is 11.6. The van der Waals surface area contributed by atoms with Crippen LogP contribution < -0.4 is 10.6 Å². The summed E-state index contributed by atoms with van der Waals surface area (Å²) in [4.78, 5) is 25.2. The zero-order valence-corrected chi connectivity index (χ0v) is 16.2. The number of rotatable bonds is 7. The zero-order valence-electron chi connectivity index (χ0n) is 15.5. The molecule has 4 nitrogen and oxygen atoms in total. The molecule has 5 heteroatoms. The third-order valence-corrected chi connectivity index (χ3v) is 4.63. The lowest BCUT2D eigenvalue weighted by Gasteiger charge is -2.15. The fourth-order valence-corrected chi connectivity index (χ4v) is 3.07. The molecule has 2 N–H and O–H groups in total. The Bertz CT molecular complexity index is 973. The van der Waals surface area contributed by atoms with Crippen LogP contribution in [0, 0.1) is 0 Å². The van der Waals surface area contributed by atoms with E-state index in [4.69, 9.17) is 11.6 Å². The lowest BCUT2D eigenvalue weighted by molar-refractivity contribution is -0.115. The van der Waals surface area contributed by atoms with Gasteiger partial charge in [-0.05, 0) is 36.8 Å². The SMILES string of the molecule is C[C@H](NCC(=O)Nc1ccccc1C(=O)c1ccccc1)c1cccc(Cl)c1. The van der Waals surface area contributed by atoms with Crippen molar-refractivity contribution in [1.29, 1.82) is 0 Å². The van der Waals surface area contributed by atoms with E-state index < -0.39 is 0 Å². The van der Waals surface area contributed by atoms with Gasteiger partial charge in [-0.15, -0.1) is 0 Å². The van der Waals surface area contributed by atoms with Crippen LogP contribution in [0.25, 0.3) is 0 Å². The maximum Gasteiger partial charge on any atom is 0.238 e. The second kappa shape index (κ2) is 9.31. The van der Waals surface area contributed by atoms with Gasteiger partial charge in [-0.1, -0.05) is 66.2 Å². The molecule has 1 atom stereocenters. The van der Waals surface area contributed by atoms with Crippen molar-refractivity contribution < 1.29 is 9.59 Å². The van der Waals surface area contributed by atoms with Gasteiger partial charge in [-0.3, -0.25) is 9.59 Å². The van der Waals surface area contributed by atoms with Crippen molar-refractivity contribution in [2.75, 3.05) is 11.9 Å². The van der Waals surface area contributed by atoms with Crippen molar-refractivity contribution in [3.63, 3.8) is 0 Å². The van der Waals surface area contributed by atoms with Crippen molar-refractivity contribution in [3.8, 4) is 0 Å². The molecule has 3 rings (SSSR count). The summed E-state index contributed by atoms with van der Waals surface area (Å²) < 4.78 is 0. The van der Waals surface area contributed by atoms with Gasteiger partial charge in [0.1, 0.15) is 0 Å². The molecule has 0 spiro atoms. The fourth-order valence-electron chi connectivity index (χ4n) is 2.87. The van der Waals surface area contributed by atoms with Gasteiger partial charge in [0.2, 0.25) is 5.91 Å². The number of amides is 1. The molecular weight excluding hydrogens is 372 g/mol. The number of anilines is 1. The molecule has 142 valence electrons. The Morgan fingerprint density at radius 1 is 0.929 bits per heavy atom. The number of hydrogen-bond donors (Lipinski definition) is 2. The van der Waals surface area contributed by atoms with E-state index >= 15 is 0 Å². The van der Waals surface area contributed by atoms with Gasteiger partial charge < -0.3 is 10.6 Å². The number of para-hydroxylation sites is 1. The Hall–Kier alpha value is -2.95. The Morgan fingerprint density at radius 3 is 2.39 bits per heavy atom. The predicted molar refractivity (Wildman–Crippen MR) is 113 cm³/mol. The van der Waals surface area contributed by atoms with E-state index in [9.17, 15) is 9.59 Å². The molecule has 0 radical (unpaired) electrons. The third kappa shape index (κ3) is 5.06. The van der Waals surface area contributed by atoms with E-state index in [1.54, 1.807) is 36.4 Å². The molecule has 0 bridgehead atoms. The highest BCUT2D eigenvalue weighted by molar-refractivity contribution is 6.30. The smallest absolute Gasteiger partial charge is 0.238 e. The van der Waals surface area contributed by atoms with E-state index in [0.29, 0.717) is 21.8 Å². The van der Waals surface area contributed by atoms with Crippen LogP contribution in [0.15, 0.2) is 78.9 Å². The first kappa shape index (κ1) is 19.8. The molecule has 0 unspecified atom stereocenters. The highest BCUT2D eigenvalue weighted by Gasteiger charge is 2.15. The number of benzene rings is 3. The summed E-state index contributed by atoms with van der Waals surface area (Å²) in [5, 5.41) is 6.66. The molecule has 1 amide bonds. The molecular formula is C23H21ClN2O2. The Kier molecular flexibility index (Phi) is 6.58. The molecule has 0 aliphatic carbocycles. The summed E-state index contributed by atoms with van der Waals surface area (Å²) in [7, 11) is 0. The van der Waals surface area contributed by atoms with Crippen molar-refractivity contribution in [2.24, 2.45) is 0 Å². The zero-order chi connectivity index (χ0) is 19.9. The Labute approximate surface area is 169 Å². The highest BCUT2D eigenvalue weighted by Crippen LogP contribution is 2.20. The number of carbonyl (C=O) groups is 2. The lowest BCUT2D eigenvalue weighted by Crippen LogP contribution is -2.30. The second-order valence-electron chi connectivity index (χ2n) is 6.45. The monoisotopic (exact) mass is 392 g/mol. The molecule has 0 heterocycles. The summed E-state index contributed by atoms with van der Waals surface area (Å²) in [5.74, 6) is -0.348. The van der Waals surface area contributed by atoms with Crippen LogP contribution in [0.2, 0.25) is 5.02 Å². The Morgan fingerprint density at radius 2 is 1.64 bits per heavy atom. The maximum absolute atomic E-state index is 12.8. The average molecular weight is 393 g/mol. The first-order valence-corrected chi connectivity index (χ1v) is 9.40. The van der Waals surface area contributed by atoms with E-state index in [2.05, 4.69) is 10.6 Å². The predicted octanol–water partition coefficient (Wildman–Crippen LogP) is 4.86. The van der Waals surface area contributed by atoms with Gasteiger partial charge in [0.05, 0.1) is 12.2 Å². The number of nitrogens with one attached hydrogen (secondary N) is 2. The minimum Gasteiger partial charge on any atom is -0.324 e. The number of hydrogen-bond acceptors (Lipinski definition) is 3. The summed E-state index contributed by atoms with van der Waals surface area (Å²) in [6, 6.07) is 23.5. The van der Waals surface area contributed by atoms with Gasteiger partial charge in [-0.25, -0.2) is 0 Å². The van der Waals surface area contributed by atoms with Crippen LogP contribution in [-0.4, -0.2) is 18.2 Å². The molecule has 0 aromatic heterocycles. The first-order chi connectivity index (χ1) is 13.5. The average Bonchev–Trinajstić information content (AvgIpc) is 2.72. The van der Waals surface area contributed by atoms with Crippen molar-refractivity contribution >= 4 is 29.0 Å². The van der Waals surface area contributed by atoms with Gasteiger partial charge in [0, 0.05) is 22.2 Å². The van der Waals surface area contributed by atoms with Gasteiger partial charge in [0.25, 0.3) is 0 Å². The van der Waals surface area contributed by atoms with Gasteiger partial charge in [-0.2, -0.15) is 0 Å². The minimum atomic E-state index is -0.220. The standard InChI is InChI=1S/C23H21ClN2O2/c1-16(18-10-7-11-19(24)14-18)25-15-22(27)26-21-13-6-5-12-20(21)23(28)17-8-3-2-4-9-17/h2-14,16,25H,15H2,1H3,(H,26,27)/t16-/m0/s1. The number of halogens is 1. The van der Waals surface area contributed by atoms with E-state index in [-0.39, 0.29) is 24.3 Å². The molecule has 0 aliphatic rings. The molecule has 3 aromatic carbocycles.